The molecule has 0 fully saturated rings. The van der Waals surface area contributed by atoms with Gasteiger partial charge in [0.25, 0.3) is 0 Å². The van der Waals surface area contributed by atoms with Crippen molar-refractivity contribution in [2.45, 2.75) is 56.8 Å². The molecular weight excluding hydrogens is 508 g/mol. The van der Waals surface area contributed by atoms with Crippen molar-refractivity contribution >= 4 is 40.5 Å². The van der Waals surface area contributed by atoms with E-state index >= 15 is 0 Å². The molecule has 4 atom stereocenters. The molecule has 39 heavy (non-hydrogen) atoms. The molecule has 3 aromatic rings. The molecule has 0 bridgehead atoms. The highest BCUT2D eigenvalue weighted by Gasteiger charge is 2.30. The summed E-state index contributed by atoms with van der Waals surface area (Å²) in [6, 6.07) is 2.66. The van der Waals surface area contributed by atoms with Crippen LogP contribution in [0.3, 0.4) is 0 Å². The number of nitrogens with two attached hydrogens (primary N) is 2. The number of nitrogens with one attached hydrogen (secondary N) is 5. The number of imidazole rings is 1. The normalized spacial score (nSPS) is 14.1. The van der Waals surface area contributed by atoms with Gasteiger partial charge in [0.1, 0.15) is 18.1 Å². The number of aromatic nitrogens is 3. The van der Waals surface area contributed by atoms with E-state index in [1.54, 1.807) is 6.20 Å². The average Bonchev–Trinajstić information content (AvgIpc) is 3.55. The van der Waals surface area contributed by atoms with Crippen molar-refractivity contribution in [3.8, 4) is 0 Å². The second-order valence-corrected chi connectivity index (χ2v) is 9.15. The maximum absolute atomic E-state index is 13.3. The Morgan fingerprint density at radius 1 is 0.974 bits per heavy atom. The average molecular weight is 541 g/mol. The molecule has 3 rings (SSSR count). The molecule has 4 unspecified atom stereocenters. The number of nitrogens with zero attached hydrogens (tertiary/aromatic N) is 1. The van der Waals surface area contributed by atoms with Gasteiger partial charge in [-0.05, 0) is 25.0 Å². The number of hydrogen-bond acceptors (Lipinski definition) is 7. The molecule has 0 aliphatic carbocycles. The number of benzene rings is 1. The van der Waals surface area contributed by atoms with E-state index in [1.165, 1.54) is 19.4 Å². The third kappa shape index (κ3) is 8.13. The largest absolute Gasteiger partial charge is 0.480 e. The minimum atomic E-state index is -1.25. The van der Waals surface area contributed by atoms with Crippen molar-refractivity contribution in [2.75, 3.05) is 0 Å². The van der Waals surface area contributed by atoms with Crippen LogP contribution >= 0.6 is 0 Å². The molecule has 2 heterocycles. The van der Waals surface area contributed by atoms with Crippen LogP contribution in [-0.4, -0.2) is 73.8 Å². The van der Waals surface area contributed by atoms with Crippen LogP contribution in [0.25, 0.3) is 10.9 Å². The van der Waals surface area contributed by atoms with Gasteiger partial charge in [0, 0.05) is 48.3 Å². The first-order valence-electron chi connectivity index (χ1n) is 12.2. The first-order chi connectivity index (χ1) is 18.5. The summed E-state index contributed by atoms with van der Waals surface area (Å²) in [5.74, 6) is -4.10. The van der Waals surface area contributed by atoms with Crippen LogP contribution in [-0.2, 0) is 36.8 Å². The fourth-order valence-corrected chi connectivity index (χ4v) is 3.94. The Morgan fingerprint density at radius 3 is 2.33 bits per heavy atom. The highest BCUT2D eigenvalue weighted by molar-refractivity contribution is 5.95. The van der Waals surface area contributed by atoms with Gasteiger partial charge < -0.3 is 42.5 Å². The van der Waals surface area contributed by atoms with Crippen molar-refractivity contribution in [2.24, 2.45) is 11.5 Å². The Balaban J connectivity index is 1.79. The summed E-state index contributed by atoms with van der Waals surface area (Å²) in [6.07, 6.45) is 4.42. The Bertz CT molecular complexity index is 1320. The molecule has 0 spiro atoms. The van der Waals surface area contributed by atoms with E-state index in [2.05, 4.69) is 30.9 Å². The highest BCUT2D eigenvalue weighted by atomic mass is 16.4. The number of carboxylic acid groups (broad SMARTS) is 1. The van der Waals surface area contributed by atoms with Gasteiger partial charge in [-0.2, -0.15) is 0 Å². The van der Waals surface area contributed by atoms with Crippen molar-refractivity contribution in [1.29, 1.82) is 0 Å². The molecule has 0 aliphatic heterocycles. The summed E-state index contributed by atoms with van der Waals surface area (Å²) in [7, 11) is 0. The number of rotatable bonds is 14. The Kier molecular flexibility index (Phi) is 9.75. The zero-order valence-electron chi connectivity index (χ0n) is 21.3. The lowest BCUT2D eigenvalue weighted by molar-refractivity contribution is -0.141. The second kappa shape index (κ2) is 13.2. The summed E-state index contributed by atoms with van der Waals surface area (Å²) >= 11 is 0. The summed E-state index contributed by atoms with van der Waals surface area (Å²) in [5, 5.41) is 17.5. The standard InChI is InChI=1S/C25H32N8O6/c1-13(25(38)39)31-24(37)20(8-14-10-29-18-5-3-2-4-16(14)18)33-23(36)19(6-7-21(27)34)32-22(35)17(26)9-15-11-28-12-30-15/h2-5,10-13,17,19-20,29H,6-9,26H2,1H3,(H2,27,34)(H,28,30)(H,31,37)(H,32,35)(H,33,36)(H,38,39). The molecule has 0 saturated carbocycles. The number of aromatic amines is 2. The lowest BCUT2D eigenvalue weighted by Crippen LogP contribution is -2.57. The van der Waals surface area contributed by atoms with Gasteiger partial charge >= 0.3 is 5.97 Å². The van der Waals surface area contributed by atoms with Crippen molar-refractivity contribution in [3.05, 3.63) is 54.2 Å². The smallest absolute Gasteiger partial charge is 0.325 e. The number of carbonyl (C=O) groups excluding carboxylic acids is 4. The summed E-state index contributed by atoms with van der Waals surface area (Å²) in [5.41, 5.74) is 13.4. The first kappa shape index (κ1) is 28.8. The molecule has 10 N–H and O–H groups in total. The molecule has 2 aromatic heterocycles. The molecule has 14 heteroatoms. The number of H-pyrrole nitrogens is 2. The lowest BCUT2D eigenvalue weighted by atomic mass is 10.0. The SMILES string of the molecule is CC(NC(=O)C(Cc1c[nH]c2ccccc12)NC(=O)C(CCC(N)=O)NC(=O)C(N)Cc1cnc[nH]1)C(=O)O. The molecule has 14 nitrogen and oxygen atoms in total. The molecule has 0 radical (unpaired) electrons. The summed E-state index contributed by atoms with van der Waals surface area (Å²) in [4.78, 5) is 71.7. The van der Waals surface area contributed by atoms with Crippen LogP contribution in [0.1, 0.15) is 31.0 Å². The molecule has 0 saturated heterocycles. The number of carbonyl (C=O) groups is 5. The highest BCUT2D eigenvalue weighted by Crippen LogP contribution is 2.19. The van der Waals surface area contributed by atoms with Crippen LogP contribution < -0.4 is 27.4 Å². The van der Waals surface area contributed by atoms with Crippen LogP contribution in [0.15, 0.2) is 43.0 Å². The number of amides is 4. The fourth-order valence-electron chi connectivity index (χ4n) is 3.94. The van der Waals surface area contributed by atoms with Gasteiger partial charge in [0.15, 0.2) is 0 Å². The van der Waals surface area contributed by atoms with Crippen molar-refractivity contribution in [1.82, 2.24) is 30.9 Å². The summed E-state index contributed by atoms with van der Waals surface area (Å²) < 4.78 is 0. The van der Waals surface area contributed by atoms with Gasteiger partial charge in [0.05, 0.1) is 12.4 Å². The van der Waals surface area contributed by atoms with Crippen LogP contribution in [0.5, 0.6) is 0 Å². The number of aliphatic carboxylic acids is 1. The summed E-state index contributed by atoms with van der Waals surface area (Å²) in [6.45, 7) is 1.29. The van der Waals surface area contributed by atoms with Crippen molar-refractivity contribution < 1.29 is 29.1 Å². The van der Waals surface area contributed by atoms with E-state index in [0.717, 1.165) is 10.9 Å². The predicted molar refractivity (Wildman–Crippen MR) is 140 cm³/mol. The van der Waals surface area contributed by atoms with Gasteiger partial charge in [-0.1, -0.05) is 18.2 Å². The van der Waals surface area contributed by atoms with Crippen LogP contribution in [0.4, 0.5) is 0 Å². The number of para-hydroxylation sites is 1. The monoisotopic (exact) mass is 540 g/mol. The fraction of sp³-hybridized carbons (Fsp3) is 0.360. The topological polar surface area (TPSA) is 238 Å². The Hall–Kier alpha value is -4.72. The molecular formula is C25H32N8O6. The molecule has 208 valence electrons. The van der Waals surface area contributed by atoms with E-state index in [-0.39, 0.29) is 25.7 Å². The van der Waals surface area contributed by atoms with Gasteiger partial charge in [-0.25, -0.2) is 4.98 Å². The first-order valence-corrected chi connectivity index (χ1v) is 12.2. The van der Waals surface area contributed by atoms with E-state index in [1.807, 2.05) is 24.3 Å². The third-order valence-electron chi connectivity index (χ3n) is 6.10. The third-order valence-corrected chi connectivity index (χ3v) is 6.10. The maximum Gasteiger partial charge on any atom is 0.325 e. The lowest BCUT2D eigenvalue weighted by Gasteiger charge is -2.24. The van der Waals surface area contributed by atoms with Gasteiger partial charge in [0.2, 0.25) is 23.6 Å². The molecule has 4 amide bonds. The number of fused-ring (bicyclic) bond motifs is 1. The number of carboxylic acids is 1. The van der Waals surface area contributed by atoms with Crippen LogP contribution in [0.2, 0.25) is 0 Å². The van der Waals surface area contributed by atoms with E-state index < -0.39 is 53.8 Å². The minimum absolute atomic E-state index is 0.0176. The zero-order chi connectivity index (χ0) is 28.5. The van der Waals surface area contributed by atoms with Crippen LogP contribution in [0, 0.1) is 0 Å². The predicted octanol–water partition coefficient (Wildman–Crippen LogP) is -1.17. The van der Waals surface area contributed by atoms with Gasteiger partial charge in [-0.15, -0.1) is 0 Å². The minimum Gasteiger partial charge on any atom is -0.480 e. The number of hydrogen-bond donors (Lipinski definition) is 8. The van der Waals surface area contributed by atoms with Gasteiger partial charge in [-0.3, -0.25) is 24.0 Å². The van der Waals surface area contributed by atoms with E-state index in [4.69, 9.17) is 11.5 Å². The van der Waals surface area contributed by atoms with Crippen molar-refractivity contribution in [3.63, 3.8) is 0 Å². The second-order valence-electron chi connectivity index (χ2n) is 9.15. The quantitative estimate of drug-likeness (QED) is 0.124. The Labute approximate surface area is 223 Å². The zero-order valence-corrected chi connectivity index (χ0v) is 21.3. The Morgan fingerprint density at radius 2 is 1.67 bits per heavy atom. The molecule has 0 aliphatic rings. The van der Waals surface area contributed by atoms with E-state index in [0.29, 0.717) is 11.3 Å². The van der Waals surface area contributed by atoms with E-state index in [9.17, 15) is 29.1 Å². The molecule has 1 aromatic carbocycles. The maximum atomic E-state index is 13.3. The number of primary amides is 1.